The van der Waals surface area contributed by atoms with Gasteiger partial charge in [-0.25, -0.2) is 0 Å². The van der Waals surface area contributed by atoms with Gasteiger partial charge in [0.2, 0.25) is 0 Å². The molecule has 0 N–H and O–H groups in total. The number of nitriles is 1. The molecule has 0 aromatic rings. The molecule has 0 bridgehead atoms. The largest absolute Gasteiger partial charge is 0.548 e. The lowest BCUT2D eigenvalue weighted by Crippen LogP contribution is -2.42. The van der Waals surface area contributed by atoms with Crippen molar-refractivity contribution in [2.45, 2.75) is 0 Å². The van der Waals surface area contributed by atoms with Gasteiger partial charge in [0, 0.05) is 0 Å². The standard InChI is InChI=1S/C4H3NO4/c5-1-2(3(6)7)4(8)9/h2H,(H,6,7)(H,8,9)/p-2. The van der Waals surface area contributed by atoms with Gasteiger partial charge in [-0.05, 0) is 0 Å². The van der Waals surface area contributed by atoms with Crippen LogP contribution in [0.4, 0.5) is 0 Å². The maximum Gasteiger partial charge on any atom is 0.125 e. The Balaban J connectivity index is 4.22. The summed E-state index contributed by atoms with van der Waals surface area (Å²) in [5.41, 5.74) is 0. The molecule has 48 valence electrons. The first-order valence-corrected chi connectivity index (χ1v) is 1.91. The third kappa shape index (κ3) is 1.78. The van der Waals surface area contributed by atoms with Crippen molar-refractivity contribution >= 4 is 11.9 Å². The van der Waals surface area contributed by atoms with E-state index in [-0.39, 0.29) is 0 Å². The van der Waals surface area contributed by atoms with Gasteiger partial charge < -0.3 is 19.8 Å². The van der Waals surface area contributed by atoms with Gasteiger partial charge in [0.25, 0.3) is 0 Å². The van der Waals surface area contributed by atoms with Crippen LogP contribution in [0.3, 0.4) is 0 Å². The second-order valence-electron chi connectivity index (χ2n) is 1.20. The number of carbonyl (C=O) groups excluding carboxylic acids is 2. The molecular formula is C4HNO4-2. The summed E-state index contributed by atoms with van der Waals surface area (Å²) in [6, 6.07) is 0.977. The number of carboxylic acids is 2. The van der Waals surface area contributed by atoms with Gasteiger partial charge in [0.15, 0.2) is 0 Å². The number of aliphatic carboxylic acids is 2. The minimum atomic E-state index is -2.16. The smallest absolute Gasteiger partial charge is 0.125 e. The highest BCUT2D eigenvalue weighted by Crippen LogP contribution is 1.87. The van der Waals surface area contributed by atoms with E-state index in [9.17, 15) is 19.8 Å². The number of nitrogens with zero attached hydrogens (tertiary/aromatic N) is 1. The average Bonchev–Trinajstić information content (AvgIpc) is 1.64. The van der Waals surface area contributed by atoms with Crippen LogP contribution in [0.1, 0.15) is 0 Å². The van der Waals surface area contributed by atoms with E-state index in [2.05, 4.69) is 0 Å². The van der Waals surface area contributed by atoms with Crippen LogP contribution in [0.25, 0.3) is 0 Å². The van der Waals surface area contributed by atoms with E-state index in [0.717, 1.165) is 6.07 Å². The minimum absolute atomic E-state index is 0.977. The van der Waals surface area contributed by atoms with Crippen LogP contribution in [0, 0.1) is 17.2 Å². The summed E-state index contributed by atoms with van der Waals surface area (Å²) >= 11 is 0. The molecule has 0 amide bonds. The molecule has 0 spiro atoms. The second kappa shape index (κ2) is 2.67. The predicted octanol–water partition coefficient (Wildman–Crippen LogP) is -3.37. The maximum absolute atomic E-state index is 9.62. The van der Waals surface area contributed by atoms with Crippen molar-refractivity contribution < 1.29 is 19.8 Å². The number of hydrogen-bond acceptors (Lipinski definition) is 5. The molecule has 0 aromatic heterocycles. The van der Waals surface area contributed by atoms with Crippen molar-refractivity contribution in [1.82, 2.24) is 0 Å². The average molecular weight is 127 g/mol. The van der Waals surface area contributed by atoms with Crippen molar-refractivity contribution in [3.63, 3.8) is 0 Å². The lowest BCUT2D eigenvalue weighted by Gasteiger charge is -2.08. The van der Waals surface area contributed by atoms with Crippen LogP contribution in [-0.4, -0.2) is 11.9 Å². The van der Waals surface area contributed by atoms with Crippen molar-refractivity contribution in [3.05, 3.63) is 0 Å². The summed E-state index contributed by atoms with van der Waals surface area (Å²) in [6.45, 7) is 0. The summed E-state index contributed by atoms with van der Waals surface area (Å²) in [4.78, 5) is 19.2. The lowest BCUT2D eigenvalue weighted by atomic mass is 10.2. The fourth-order valence-corrected chi connectivity index (χ4v) is 0.202. The molecule has 0 saturated heterocycles. The Morgan fingerprint density at radius 2 is 1.67 bits per heavy atom. The fraction of sp³-hybridized carbons (Fsp3) is 0.250. The lowest BCUT2D eigenvalue weighted by molar-refractivity contribution is -0.328. The molecule has 0 radical (unpaired) electrons. The van der Waals surface area contributed by atoms with Crippen LogP contribution in [0.15, 0.2) is 0 Å². The molecule has 9 heavy (non-hydrogen) atoms. The predicted molar refractivity (Wildman–Crippen MR) is 19.1 cm³/mol. The Hall–Kier alpha value is -1.57. The van der Waals surface area contributed by atoms with Gasteiger partial charge in [0.05, 0.1) is 18.0 Å². The van der Waals surface area contributed by atoms with E-state index in [0.29, 0.717) is 0 Å². The molecule has 0 aromatic carbocycles. The Bertz CT molecular complexity index is 165. The van der Waals surface area contributed by atoms with Crippen LogP contribution in [-0.2, 0) is 9.59 Å². The van der Waals surface area contributed by atoms with Gasteiger partial charge in [-0.3, -0.25) is 0 Å². The summed E-state index contributed by atoms with van der Waals surface area (Å²) in [5, 5.41) is 27.0. The number of hydrogen-bond donors (Lipinski definition) is 0. The van der Waals surface area contributed by atoms with Crippen molar-refractivity contribution in [2.75, 3.05) is 0 Å². The summed E-state index contributed by atoms with van der Waals surface area (Å²) in [7, 11) is 0. The molecule has 0 aliphatic carbocycles. The highest BCUT2D eigenvalue weighted by molar-refractivity contribution is 5.93. The topological polar surface area (TPSA) is 104 Å². The number of carboxylic acid groups (broad SMARTS) is 2. The Morgan fingerprint density at radius 1 is 1.33 bits per heavy atom. The van der Waals surface area contributed by atoms with Crippen LogP contribution < -0.4 is 10.2 Å². The SMILES string of the molecule is N#CC(C(=O)[O-])C(=O)[O-]. The first-order valence-electron chi connectivity index (χ1n) is 1.91. The van der Waals surface area contributed by atoms with Gasteiger partial charge in [0.1, 0.15) is 5.92 Å². The van der Waals surface area contributed by atoms with E-state index in [4.69, 9.17) is 5.26 Å². The van der Waals surface area contributed by atoms with Gasteiger partial charge in [-0.2, -0.15) is 5.26 Å². The monoisotopic (exact) mass is 127 g/mol. The van der Waals surface area contributed by atoms with Gasteiger partial charge in [-0.1, -0.05) is 0 Å². The first kappa shape index (κ1) is 7.43. The van der Waals surface area contributed by atoms with E-state index < -0.39 is 17.9 Å². The molecule has 0 saturated carbocycles. The van der Waals surface area contributed by atoms with Crippen molar-refractivity contribution in [3.8, 4) is 6.07 Å². The third-order valence-corrected chi connectivity index (χ3v) is 0.601. The van der Waals surface area contributed by atoms with Crippen molar-refractivity contribution in [1.29, 1.82) is 5.26 Å². The number of rotatable bonds is 2. The summed E-state index contributed by atoms with van der Waals surface area (Å²) < 4.78 is 0. The molecule has 0 aliphatic heterocycles. The summed E-state index contributed by atoms with van der Waals surface area (Å²) in [6.07, 6.45) is 0. The van der Waals surface area contributed by atoms with E-state index in [1.807, 2.05) is 0 Å². The zero-order valence-corrected chi connectivity index (χ0v) is 4.16. The highest BCUT2D eigenvalue weighted by Gasteiger charge is 2.07. The quantitative estimate of drug-likeness (QED) is 0.360. The van der Waals surface area contributed by atoms with Crippen LogP contribution in [0.5, 0.6) is 0 Å². The molecule has 0 fully saturated rings. The molecule has 5 nitrogen and oxygen atoms in total. The summed E-state index contributed by atoms with van der Waals surface area (Å²) in [5.74, 6) is -6.06. The van der Waals surface area contributed by atoms with E-state index >= 15 is 0 Å². The fourth-order valence-electron chi connectivity index (χ4n) is 0.202. The maximum atomic E-state index is 9.62. The Morgan fingerprint density at radius 3 is 1.67 bits per heavy atom. The molecule has 0 unspecified atom stereocenters. The zero-order valence-electron chi connectivity index (χ0n) is 4.16. The Kier molecular flexibility index (Phi) is 2.20. The molecule has 0 aliphatic rings. The third-order valence-electron chi connectivity index (χ3n) is 0.601. The Labute approximate surface area is 50.1 Å². The second-order valence-corrected chi connectivity index (χ2v) is 1.20. The van der Waals surface area contributed by atoms with E-state index in [1.54, 1.807) is 0 Å². The first-order chi connectivity index (χ1) is 4.09. The van der Waals surface area contributed by atoms with Gasteiger partial charge in [-0.15, -0.1) is 0 Å². The molecule has 0 atom stereocenters. The molecule has 5 heteroatoms. The molecule has 0 rings (SSSR count). The molecule has 0 heterocycles. The van der Waals surface area contributed by atoms with Crippen LogP contribution >= 0.6 is 0 Å². The highest BCUT2D eigenvalue weighted by atomic mass is 16.4. The van der Waals surface area contributed by atoms with Crippen LogP contribution in [0.2, 0.25) is 0 Å². The normalized spacial score (nSPS) is 8.44. The molecular weight excluding hydrogens is 126 g/mol. The van der Waals surface area contributed by atoms with Gasteiger partial charge >= 0.3 is 0 Å². The number of carbonyl (C=O) groups is 2. The zero-order chi connectivity index (χ0) is 7.44. The van der Waals surface area contributed by atoms with E-state index in [1.165, 1.54) is 0 Å². The van der Waals surface area contributed by atoms with Crippen molar-refractivity contribution in [2.24, 2.45) is 5.92 Å². The minimum Gasteiger partial charge on any atom is -0.548 e.